The van der Waals surface area contributed by atoms with Crippen molar-refractivity contribution in [3.05, 3.63) is 65.3 Å². The highest BCUT2D eigenvalue weighted by molar-refractivity contribution is 5.78. The highest BCUT2D eigenvalue weighted by Crippen LogP contribution is 2.31. The van der Waals surface area contributed by atoms with Gasteiger partial charge in [0.25, 0.3) is 0 Å². The third kappa shape index (κ3) is 5.28. The van der Waals surface area contributed by atoms with Gasteiger partial charge in [-0.2, -0.15) is 0 Å². The highest BCUT2D eigenvalue weighted by atomic mass is 16.5. The van der Waals surface area contributed by atoms with Crippen LogP contribution in [0.4, 0.5) is 5.69 Å². The third-order valence-corrected chi connectivity index (χ3v) is 5.73. The number of pyridine rings is 1. The van der Waals surface area contributed by atoms with Gasteiger partial charge in [-0.3, -0.25) is 9.78 Å². The zero-order valence-corrected chi connectivity index (χ0v) is 19.2. The second-order valence-corrected chi connectivity index (χ2v) is 8.65. The fourth-order valence-corrected chi connectivity index (χ4v) is 4.08. The lowest BCUT2D eigenvalue weighted by atomic mass is 9.93. The normalized spacial score (nSPS) is 16.1. The molecule has 1 aliphatic rings. The molecule has 1 amide bonds. The molecule has 1 aliphatic heterocycles. The Kier molecular flexibility index (Phi) is 6.44. The van der Waals surface area contributed by atoms with Crippen LogP contribution in [0.25, 0.3) is 0 Å². The number of hydrogen-bond donors (Lipinski definition) is 0. The van der Waals surface area contributed by atoms with Crippen molar-refractivity contribution in [1.82, 2.24) is 15.0 Å². The molecule has 1 atom stereocenters. The first-order chi connectivity index (χ1) is 15.4. The smallest absolute Gasteiger partial charge is 0.230 e. The molecule has 0 aliphatic carbocycles. The maximum absolute atomic E-state index is 12.8. The van der Waals surface area contributed by atoms with Gasteiger partial charge in [-0.1, -0.05) is 5.16 Å². The molecule has 1 aromatic carbocycles. The molecular formula is C25H30N4O3. The molecule has 4 rings (SSSR count). The van der Waals surface area contributed by atoms with Crippen molar-refractivity contribution in [3.63, 3.8) is 0 Å². The molecule has 7 heteroatoms. The Morgan fingerprint density at radius 1 is 1.12 bits per heavy atom. The SMILES string of the molecule is Cc1cc(CC(=O)N2CCCC(c3cc(Oc4ccc(N(C)C)cc4)cc(C)n3)C2)on1. The molecule has 168 valence electrons. The van der Waals surface area contributed by atoms with Crippen LogP contribution >= 0.6 is 0 Å². The average molecular weight is 435 g/mol. The Balaban J connectivity index is 1.45. The molecule has 32 heavy (non-hydrogen) atoms. The molecule has 0 spiro atoms. The standard InChI is InChI=1S/C25H30N4O3/c1-17-12-22(31-21-9-7-20(8-10-21)28(3)4)14-24(26-17)19-6-5-11-29(16-19)25(30)15-23-13-18(2)27-32-23/h7-10,12-14,19H,5-6,11,15-16H2,1-4H3. The average Bonchev–Trinajstić information content (AvgIpc) is 3.18. The van der Waals surface area contributed by atoms with Gasteiger partial charge in [-0.25, -0.2) is 0 Å². The molecular weight excluding hydrogens is 404 g/mol. The zero-order valence-electron chi connectivity index (χ0n) is 19.2. The lowest BCUT2D eigenvalue weighted by molar-refractivity contribution is -0.132. The van der Waals surface area contributed by atoms with Crippen LogP contribution in [0.1, 0.15) is 41.6 Å². The van der Waals surface area contributed by atoms with E-state index in [1.54, 1.807) is 0 Å². The van der Waals surface area contributed by atoms with E-state index in [0.717, 1.165) is 53.7 Å². The van der Waals surface area contributed by atoms with Crippen LogP contribution < -0.4 is 9.64 Å². The van der Waals surface area contributed by atoms with Crippen molar-refractivity contribution in [3.8, 4) is 11.5 Å². The van der Waals surface area contributed by atoms with Crippen LogP contribution in [0.15, 0.2) is 47.0 Å². The third-order valence-electron chi connectivity index (χ3n) is 5.73. The number of carbonyl (C=O) groups excluding carboxylic acids is 1. The largest absolute Gasteiger partial charge is 0.457 e. The lowest BCUT2D eigenvalue weighted by Gasteiger charge is -2.32. The first-order valence-corrected chi connectivity index (χ1v) is 11.0. The summed E-state index contributed by atoms with van der Waals surface area (Å²) < 4.78 is 11.3. The highest BCUT2D eigenvalue weighted by Gasteiger charge is 2.27. The molecule has 3 heterocycles. The van der Waals surface area contributed by atoms with E-state index in [1.807, 2.05) is 75.3 Å². The van der Waals surface area contributed by atoms with Gasteiger partial charge >= 0.3 is 0 Å². The molecule has 0 bridgehead atoms. The van der Waals surface area contributed by atoms with Gasteiger partial charge in [0.05, 0.1) is 12.1 Å². The molecule has 0 radical (unpaired) electrons. The molecule has 1 fully saturated rings. The van der Waals surface area contributed by atoms with Crippen molar-refractivity contribution in [2.24, 2.45) is 0 Å². The Morgan fingerprint density at radius 2 is 1.91 bits per heavy atom. The van der Waals surface area contributed by atoms with E-state index in [0.29, 0.717) is 12.3 Å². The minimum absolute atomic E-state index is 0.0657. The number of ether oxygens (including phenoxy) is 1. The van der Waals surface area contributed by atoms with Crippen molar-refractivity contribution >= 4 is 11.6 Å². The summed E-state index contributed by atoms with van der Waals surface area (Å²) in [4.78, 5) is 21.5. The maximum atomic E-state index is 12.8. The van der Waals surface area contributed by atoms with Gasteiger partial charge in [0, 0.05) is 68.4 Å². The zero-order chi connectivity index (χ0) is 22.7. The summed E-state index contributed by atoms with van der Waals surface area (Å²) in [5.74, 6) is 2.42. The van der Waals surface area contributed by atoms with E-state index in [4.69, 9.17) is 14.2 Å². The van der Waals surface area contributed by atoms with Crippen LogP contribution in [0, 0.1) is 13.8 Å². The van der Waals surface area contributed by atoms with E-state index in [-0.39, 0.29) is 18.2 Å². The van der Waals surface area contributed by atoms with Gasteiger partial charge in [-0.05, 0) is 51.0 Å². The van der Waals surface area contributed by atoms with E-state index in [1.165, 1.54) is 0 Å². The summed E-state index contributed by atoms with van der Waals surface area (Å²) in [6, 6.07) is 13.8. The number of aromatic nitrogens is 2. The lowest BCUT2D eigenvalue weighted by Crippen LogP contribution is -2.40. The number of carbonyl (C=O) groups is 1. The van der Waals surface area contributed by atoms with Gasteiger partial charge in [0.2, 0.25) is 5.91 Å². The quantitative estimate of drug-likeness (QED) is 0.569. The van der Waals surface area contributed by atoms with Gasteiger partial charge in [0.1, 0.15) is 17.3 Å². The summed E-state index contributed by atoms with van der Waals surface area (Å²) in [5, 5.41) is 3.87. The Bertz CT molecular complexity index is 1080. The molecule has 1 saturated heterocycles. The minimum Gasteiger partial charge on any atom is -0.457 e. The van der Waals surface area contributed by atoms with Crippen molar-refractivity contribution < 1.29 is 14.1 Å². The number of likely N-dealkylation sites (tertiary alicyclic amines) is 1. The number of nitrogens with zero attached hydrogens (tertiary/aromatic N) is 4. The van der Waals surface area contributed by atoms with E-state index in [2.05, 4.69) is 10.1 Å². The molecule has 3 aromatic rings. The Morgan fingerprint density at radius 3 is 2.59 bits per heavy atom. The summed E-state index contributed by atoms with van der Waals surface area (Å²) in [7, 11) is 4.03. The number of piperidine rings is 1. The van der Waals surface area contributed by atoms with Crippen LogP contribution in [-0.2, 0) is 11.2 Å². The number of hydrogen-bond acceptors (Lipinski definition) is 6. The van der Waals surface area contributed by atoms with Crippen molar-refractivity contribution in [2.75, 3.05) is 32.1 Å². The molecule has 7 nitrogen and oxygen atoms in total. The van der Waals surface area contributed by atoms with Crippen molar-refractivity contribution in [1.29, 1.82) is 0 Å². The fraction of sp³-hybridized carbons (Fsp3) is 0.400. The second kappa shape index (κ2) is 9.42. The van der Waals surface area contributed by atoms with Gasteiger partial charge in [0.15, 0.2) is 0 Å². The number of benzene rings is 1. The molecule has 1 unspecified atom stereocenters. The predicted octanol–water partition coefficient (Wildman–Crippen LogP) is 4.49. The first kappa shape index (κ1) is 21.9. The molecule has 0 N–H and O–H groups in total. The first-order valence-electron chi connectivity index (χ1n) is 11.0. The van der Waals surface area contributed by atoms with Gasteiger partial charge in [-0.15, -0.1) is 0 Å². The summed E-state index contributed by atoms with van der Waals surface area (Å²) in [6.45, 7) is 5.24. The molecule has 2 aromatic heterocycles. The maximum Gasteiger partial charge on any atom is 0.230 e. The minimum atomic E-state index is 0.0657. The van der Waals surface area contributed by atoms with Crippen LogP contribution in [0.2, 0.25) is 0 Å². The Labute approximate surface area is 189 Å². The van der Waals surface area contributed by atoms with E-state index in [9.17, 15) is 4.79 Å². The topological polar surface area (TPSA) is 71.7 Å². The number of aryl methyl sites for hydroxylation is 2. The number of amides is 1. The monoisotopic (exact) mass is 434 g/mol. The summed E-state index contributed by atoms with van der Waals surface area (Å²) in [6.07, 6.45) is 2.19. The predicted molar refractivity (Wildman–Crippen MR) is 123 cm³/mol. The summed E-state index contributed by atoms with van der Waals surface area (Å²) in [5.41, 5.74) is 3.79. The van der Waals surface area contributed by atoms with Crippen molar-refractivity contribution in [2.45, 2.75) is 39.0 Å². The van der Waals surface area contributed by atoms with Gasteiger partial charge < -0.3 is 19.1 Å². The number of rotatable bonds is 6. The molecule has 0 saturated carbocycles. The van der Waals surface area contributed by atoms with Crippen LogP contribution in [0.3, 0.4) is 0 Å². The van der Waals surface area contributed by atoms with Crippen LogP contribution in [-0.4, -0.2) is 48.1 Å². The van der Waals surface area contributed by atoms with Crippen LogP contribution in [0.5, 0.6) is 11.5 Å². The van der Waals surface area contributed by atoms with E-state index >= 15 is 0 Å². The second-order valence-electron chi connectivity index (χ2n) is 8.65. The Hall–Kier alpha value is -3.35. The summed E-state index contributed by atoms with van der Waals surface area (Å²) >= 11 is 0. The fourth-order valence-electron chi connectivity index (χ4n) is 4.08. The number of anilines is 1. The van der Waals surface area contributed by atoms with E-state index < -0.39 is 0 Å².